The lowest BCUT2D eigenvalue weighted by molar-refractivity contribution is -0.310. The van der Waals surface area contributed by atoms with E-state index in [1.807, 2.05) is 19.1 Å². The zero-order valence-electron chi connectivity index (χ0n) is 13.5. The van der Waals surface area contributed by atoms with Gasteiger partial charge < -0.3 is 14.6 Å². The molecule has 7 heteroatoms. The maximum atomic E-state index is 12.6. The van der Waals surface area contributed by atoms with E-state index in [0.29, 0.717) is 17.7 Å². The summed E-state index contributed by atoms with van der Waals surface area (Å²) >= 11 is 6.32. The zero-order valence-corrected chi connectivity index (χ0v) is 15.1. The highest BCUT2D eigenvalue weighted by Crippen LogP contribution is 2.35. The maximum Gasteiger partial charge on any atom is 0.266 e. The largest absolute Gasteiger partial charge is 0.548 e. The van der Waals surface area contributed by atoms with Crippen LogP contribution in [0.5, 0.6) is 5.75 Å². The van der Waals surface area contributed by atoms with Crippen molar-refractivity contribution in [1.82, 2.24) is 4.90 Å². The Bertz CT molecular complexity index is 670. The minimum atomic E-state index is -1.27. The summed E-state index contributed by atoms with van der Waals surface area (Å²) in [6.45, 7) is 1.96. The second kappa shape index (κ2) is 8.30. The SMILES string of the molecule is CCCC[C@H](C(=O)[O-])N1C(=O)/C(=C/c2ccc(OC)cc2)SC1=S. The molecule has 0 aliphatic carbocycles. The third-order valence-electron chi connectivity index (χ3n) is 3.65. The molecule has 0 spiro atoms. The van der Waals surface area contributed by atoms with E-state index in [0.717, 1.165) is 29.5 Å². The molecule has 0 unspecified atom stereocenters. The molecule has 0 bridgehead atoms. The summed E-state index contributed by atoms with van der Waals surface area (Å²) in [6, 6.07) is 6.20. The Balaban J connectivity index is 2.23. The van der Waals surface area contributed by atoms with Gasteiger partial charge in [-0.05, 0) is 30.2 Å². The molecule has 1 aliphatic rings. The van der Waals surface area contributed by atoms with E-state index in [4.69, 9.17) is 17.0 Å². The first-order valence-electron chi connectivity index (χ1n) is 7.60. The van der Waals surface area contributed by atoms with Crippen molar-refractivity contribution in [3.8, 4) is 5.75 Å². The van der Waals surface area contributed by atoms with Crippen molar-refractivity contribution in [1.29, 1.82) is 0 Å². The summed E-state index contributed by atoms with van der Waals surface area (Å²) in [6.07, 6.45) is 3.56. The van der Waals surface area contributed by atoms with E-state index in [1.165, 1.54) is 4.90 Å². The first-order valence-corrected chi connectivity index (χ1v) is 8.82. The van der Waals surface area contributed by atoms with Gasteiger partial charge in [-0.1, -0.05) is 55.9 Å². The molecule has 1 saturated heterocycles. The van der Waals surface area contributed by atoms with E-state index in [1.54, 1.807) is 25.3 Å². The van der Waals surface area contributed by atoms with Crippen LogP contribution >= 0.6 is 24.0 Å². The number of carbonyl (C=O) groups is 2. The van der Waals surface area contributed by atoms with Crippen molar-refractivity contribution in [3.63, 3.8) is 0 Å². The summed E-state index contributed by atoms with van der Waals surface area (Å²) in [5.74, 6) is -0.937. The standard InChI is InChI=1S/C17H19NO4S2/c1-3-4-5-13(16(20)21)18-15(19)14(24-17(18)23)10-11-6-8-12(22-2)9-7-11/h6-10,13H,3-5H2,1-2H3,(H,20,21)/p-1/b14-10-/t13-/m1/s1. The average Bonchev–Trinajstić information content (AvgIpc) is 2.83. The normalized spacial score (nSPS) is 17.4. The summed E-state index contributed by atoms with van der Waals surface area (Å²) in [5.41, 5.74) is 0.815. The number of carboxylic acids is 1. The average molecular weight is 364 g/mol. The van der Waals surface area contributed by atoms with Crippen molar-refractivity contribution in [2.45, 2.75) is 32.2 Å². The van der Waals surface area contributed by atoms with Gasteiger partial charge in [0.05, 0.1) is 24.0 Å². The van der Waals surface area contributed by atoms with E-state index in [9.17, 15) is 14.7 Å². The molecule has 0 aromatic heterocycles. The number of ether oxygens (including phenoxy) is 1. The molecule has 0 saturated carbocycles. The van der Waals surface area contributed by atoms with Crippen molar-refractivity contribution >= 4 is 46.3 Å². The highest BCUT2D eigenvalue weighted by molar-refractivity contribution is 8.26. The second-order valence-corrected chi connectivity index (χ2v) is 6.98. The fraction of sp³-hybridized carbons (Fsp3) is 0.353. The first-order chi connectivity index (χ1) is 11.5. The zero-order chi connectivity index (χ0) is 17.7. The third-order valence-corrected chi connectivity index (χ3v) is 4.98. The predicted molar refractivity (Wildman–Crippen MR) is 96.3 cm³/mol. The van der Waals surface area contributed by atoms with Crippen molar-refractivity contribution < 1.29 is 19.4 Å². The Morgan fingerprint density at radius 3 is 2.62 bits per heavy atom. The van der Waals surface area contributed by atoms with E-state index in [2.05, 4.69) is 0 Å². The number of methoxy groups -OCH3 is 1. The fourth-order valence-electron chi connectivity index (χ4n) is 2.35. The van der Waals surface area contributed by atoms with E-state index < -0.39 is 12.0 Å². The molecule has 1 aromatic rings. The molecule has 1 fully saturated rings. The molecule has 128 valence electrons. The Hall–Kier alpha value is -1.86. The van der Waals surface area contributed by atoms with Gasteiger partial charge in [0.15, 0.2) is 0 Å². The Morgan fingerprint density at radius 2 is 2.08 bits per heavy atom. The van der Waals surface area contributed by atoms with Gasteiger partial charge in [0.2, 0.25) is 0 Å². The number of carboxylic acid groups (broad SMARTS) is 1. The molecule has 1 aromatic carbocycles. The highest BCUT2D eigenvalue weighted by atomic mass is 32.2. The molecule has 1 amide bonds. The number of carbonyl (C=O) groups excluding carboxylic acids is 2. The first kappa shape index (κ1) is 18.5. The van der Waals surface area contributed by atoms with Crippen LogP contribution in [0.3, 0.4) is 0 Å². The number of hydrogen-bond donors (Lipinski definition) is 0. The second-order valence-electron chi connectivity index (χ2n) is 5.30. The number of unbranched alkanes of at least 4 members (excludes halogenated alkanes) is 1. The van der Waals surface area contributed by atoms with Gasteiger partial charge in [0.25, 0.3) is 5.91 Å². The van der Waals surface area contributed by atoms with Crippen LogP contribution in [0.2, 0.25) is 0 Å². The van der Waals surface area contributed by atoms with Gasteiger partial charge in [-0.15, -0.1) is 0 Å². The number of thioether (sulfide) groups is 1. The highest BCUT2D eigenvalue weighted by Gasteiger charge is 2.37. The van der Waals surface area contributed by atoms with Gasteiger partial charge in [-0.25, -0.2) is 0 Å². The Morgan fingerprint density at radius 1 is 1.42 bits per heavy atom. The van der Waals surface area contributed by atoms with Gasteiger partial charge in [0.1, 0.15) is 10.1 Å². The van der Waals surface area contributed by atoms with Crippen molar-refractivity contribution in [2.75, 3.05) is 7.11 Å². The molecule has 1 atom stereocenters. The van der Waals surface area contributed by atoms with Gasteiger partial charge in [0, 0.05) is 0 Å². The molecule has 0 radical (unpaired) electrons. The molecular formula is C17H18NO4S2-. The number of hydrogen-bond acceptors (Lipinski definition) is 6. The Labute approximate surface area is 150 Å². The quantitative estimate of drug-likeness (QED) is 0.546. The van der Waals surface area contributed by atoms with Crippen LogP contribution in [-0.2, 0) is 9.59 Å². The number of aliphatic carboxylic acids is 1. The lowest BCUT2D eigenvalue weighted by atomic mass is 10.1. The summed E-state index contributed by atoms with van der Waals surface area (Å²) in [4.78, 5) is 25.6. The summed E-state index contributed by atoms with van der Waals surface area (Å²) in [5, 5.41) is 11.4. The van der Waals surface area contributed by atoms with Gasteiger partial charge >= 0.3 is 0 Å². The number of nitrogens with zero attached hydrogens (tertiary/aromatic N) is 1. The smallest absolute Gasteiger partial charge is 0.266 e. The molecular weight excluding hydrogens is 346 g/mol. The summed E-state index contributed by atoms with van der Waals surface area (Å²) in [7, 11) is 1.58. The van der Waals surface area contributed by atoms with Crippen LogP contribution in [0.15, 0.2) is 29.2 Å². The number of rotatable bonds is 7. The van der Waals surface area contributed by atoms with Crippen LogP contribution in [-0.4, -0.2) is 34.2 Å². The number of amides is 1. The van der Waals surface area contributed by atoms with Gasteiger partial charge in [-0.3, -0.25) is 9.69 Å². The predicted octanol–water partition coefficient (Wildman–Crippen LogP) is 2.21. The van der Waals surface area contributed by atoms with Crippen molar-refractivity contribution in [2.24, 2.45) is 0 Å². The maximum absolute atomic E-state index is 12.6. The van der Waals surface area contributed by atoms with Crippen LogP contribution < -0.4 is 9.84 Å². The molecule has 0 N–H and O–H groups in total. The van der Waals surface area contributed by atoms with Crippen LogP contribution in [0, 0.1) is 0 Å². The monoisotopic (exact) mass is 364 g/mol. The molecule has 24 heavy (non-hydrogen) atoms. The minimum Gasteiger partial charge on any atom is -0.548 e. The topological polar surface area (TPSA) is 69.7 Å². The fourth-order valence-corrected chi connectivity index (χ4v) is 3.71. The number of thiocarbonyl (C=S) groups is 1. The minimum absolute atomic E-state index is 0.255. The van der Waals surface area contributed by atoms with Crippen LogP contribution in [0.25, 0.3) is 6.08 Å². The molecule has 2 rings (SSSR count). The lowest BCUT2D eigenvalue weighted by Crippen LogP contribution is -2.49. The van der Waals surface area contributed by atoms with Crippen LogP contribution in [0.1, 0.15) is 31.7 Å². The molecule has 5 nitrogen and oxygen atoms in total. The third kappa shape index (κ3) is 4.15. The molecule has 1 heterocycles. The number of benzene rings is 1. The Kier molecular flexibility index (Phi) is 6.39. The molecule has 1 aliphatic heterocycles. The van der Waals surface area contributed by atoms with Gasteiger partial charge in [-0.2, -0.15) is 0 Å². The van der Waals surface area contributed by atoms with Crippen molar-refractivity contribution in [3.05, 3.63) is 34.7 Å². The van der Waals surface area contributed by atoms with E-state index in [-0.39, 0.29) is 10.2 Å². The van der Waals surface area contributed by atoms with E-state index >= 15 is 0 Å². The summed E-state index contributed by atoms with van der Waals surface area (Å²) < 4.78 is 5.35. The van der Waals surface area contributed by atoms with Crippen LogP contribution in [0.4, 0.5) is 0 Å². The lowest BCUT2D eigenvalue weighted by Gasteiger charge is -2.27.